The minimum absolute atomic E-state index is 0.0118. The molecule has 32 heavy (non-hydrogen) atoms. The molecule has 4 rings (SSSR count). The molecule has 2 fully saturated rings. The summed E-state index contributed by atoms with van der Waals surface area (Å²) in [5.74, 6) is -0.522. The molecule has 1 aromatic rings. The predicted octanol–water partition coefficient (Wildman–Crippen LogP) is 2.26. The molecule has 0 unspecified atom stereocenters. The number of halogens is 1. The molecular weight excluding hydrogens is 411 g/mol. The fourth-order valence-corrected chi connectivity index (χ4v) is 5.15. The predicted molar refractivity (Wildman–Crippen MR) is 120 cm³/mol. The van der Waals surface area contributed by atoms with Crippen LogP contribution in [0.2, 0.25) is 0 Å². The van der Waals surface area contributed by atoms with Crippen molar-refractivity contribution in [2.24, 2.45) is 11.1 Å². The number of amides is 3. The lowest BCUT2D eigenvalue weighted by molar-refractivity contribution is -0.134. The summed E-state index contributed by atoms with van der Waals surface area (Å²) >= 11 is 0. The number of benzene rings is 1. The van der Waals surface area contributed by atoms with Gasteiger partial charge < -0.3 is 15.5 Å². The summed E-state index contributed by atoms with van der Waals surface area (Å²) in [7, 11) is 0. The van der Waals surface area contributed by atoms with E-state index in [1.807, 2.05) is 4.90 Å². The molecule has 0 bridgehead atoms. The molecule has 3 heterocycles. The summed E-state index contributed by atoms with van der Waals surface area (Å²) < 4.78 is 13.5. The molecule has 3 amide bonds. The maximum absolute atomic E-state index is 13.5. The second-order valence-corrected chi connectivity index (χ2v) is 10.1. The quantitative estimate of drug-likeness (QED) is 0.755. The van der Waals surface area contributed by atoms with Crippen LogP contribution >= 0.6 is 0 Å². The number of likely N-dealkylation sites (tertiary alicyclic amines) is 2. The van der Waals surface area contributed by atoms with Crippen LogP contribution in [0.1, 0.15) is 61.0 Å². The van der Waals surface area contributed by atoms with Gasteiger partial charge in [-0.3, -0.25) is 19.3 Å². The minimum Gasteiger partial charge on any atom is -0.366 e. The van der Waals surface area contributed by atoms with E-state index in [0.29, 0.717) is 17.6 Å². The van der Waals surface area contributed by atoms with Crippen molar-refractivity contribution >= 4 is 23.4 Å². The molecule has 0 saturated carbocycles. The van der Waals surface area contributed by atoms with E-state index in [4.69, 9.17) is 5.73 Å². The average molecular weight is 445 g/mol. The molecule has 2 saturated heterocycles. The number of hydrogen-bond donors (Lipinski definition) is 1. The number of nitrogens with zero attached hydrogens (tertiary/aromatic N) is 3. The van der Waals surface area contributed by atoms with E-state index in [-0.39, 0.29) is 35.4 Å². The first kappa shape index (κ1) is 22.7. The second-order valence-electron chi connectivity index (χ2n) is 10.1. The zero-order valence-corrected chi connectivity index (χ0v) is 19.0. The van der Waals surface area contributed by atoms with Crippen molar-refractivity contribution in [2.45, 2.75) is 58.7 Å². The van der Waals surface area contributed by atoms with Crippen LogP contribution in [0.25, 0.3) is 0 Å². The van der Waals surface area contributed by atoms with Gasteiger partial charge in [0, 0.05) is 43.5 Å². The fourth-order valence-electron chi connectivity index (χ4n) is 5.15. The van der Waals surface area contributed by atoms with E-state index >= 15 is 0 Å². The van der Waals surface area contributed by atoms with Crippen LogP contribution in [-0.2, 0) is 22.7 Å². The maximum atomic E-state index is 13.5. The Bertz CT molecular complexity index is 914. The van der Waals surface area contributed by atoms with Gasteiger partial charge in [0.15, 0.2) is 0 Å². The first-order chi connectivity index (χ1) is 15.2. The Morgan fingerprint density at radius 2 is 1.78 bits per heavy atom. The summed E-state index contributed by atoms with van der Waals surface area (Å²) in [6.45, 7) is 7.25. The molecule has 174 valence electrons. The molecule has 3 aliphatic heterocycles. The lowest BCUT2D eigenvalue weighted by Gasteiger charge is -2.39. The molecule has 8 heteroatoms. The molecule has 2 N–H and O–H groups in total. The maximum Gasteiger partial charge on any atom is 0.249 e. The molecule has 0 spiro atoms. The summed E-state index contributed by atoms with van der Waals surface area (Å²) in [6.07, 6.45) is 3.79. The number of carbonyl (C=O) groups is 3. The van der Waals surface area contributed by atoms with Crippen molar-refractivity contribution in [3.05, 3.63) is 28.8 Å². The molecule has 0 atom stereocenters. The Kier molecular flexibility index (Phi) is 6.25. The van der Waals surface area contributed by atoms with E-state index in [9.17, 15) is 18.8 Å². The number of nitrogens with two attached hydrogens (primary N) is 1. The summed E-state index contributed by atoms with van der Waals surface area (Å²) in [4.78, 5) is 43.1. The van der Waals surface area contributed by atoms with E-state index < -0.39 is 12.6 Å². The van der Waals surface area contributed by atoms with Crippen LogP contribution < -0.4 is 10.6 Å². The number of carbonyl (C=O) groups excluding carboxylic acids is 3. The van der Waals surface area contributed by atoms with Crippen LogP contribution in [0.5, 0.6) is 0 Å². The highest BCUT2D eigenvalue weighted by atomic mass is 19.1. The van der Waals surface area contributed by atoms with Crippen molar-refractivity contribution in [3.63, 3.8) is 0 Å². The third kappa shape index (κ3) is 4.51. The molecule has 3 aliphatic rings. The molecule has 7 nitrogen and oxygen atoms in total. The number of primary amides is 1. The van der Waals surface area contributed by atoms with E-state index in [2.05, 4.69) is 18.7 Å². The molecule has 0 radical (unpaired) electrons. The second kappa shape index (κ2) is 8.81. The van der Waals surface area contributed by atoms with Gasteiger partial charge in [-0.1, -0.05) is 13.8 Å². The van der Waals surface area contributed by atoms with Crippen LogP contribution in [0.3, 0.4) is 0 Å². The van der Waals surface area contributed by atoms with Crippen molar-refractivity contribution in [2.75, 3.05) is 37.6 Å². The van der Waals surface area contributed by atoms with Gasteiger partial charge in [0.2, 0.25) is 17.7 Å². The van der Waals surface area contributed by atoms with Gasteiger partial charge in [0.05, 0.1) is 13.0 Å². The van der Waals surface area contributed by atoms with Gasteiger partial charge >= 0.3 is 0 Å². The molecule has 1 aromatic carbocycles. The third-order valence-electron chi connectivity index (χ3n) is 7.33. The van der Waals surface area contributed by atoms with Gasteiger partial charge in [-0.2, -0.15) is 0 Å². The first-order valence-corrected chi connectivity index (χ1v) is 11.5. The van der Waals surface area contributed by atoms with Crippen molar-refractivity contribution in [1.29, 1.82) is 0 Å². The number of rotatable bonds is 5. The molecular formula is C24H33FN4O3. The third-order valence-corrected chi connectivity index (χ3v) is 7.33. The lowest BCUT2D eigenvalue weighted by atomic mass is 9.82. The van der Waals surface area contributed by atoms with Crippen molar-refractivity contribution in [1.82, 2.24) is 9.80 Å². The van der Waals surface area contributed by atoms with Gasteiger partial charge in [0.1, 0.15) is 6.67 Å². The number of piperidine rings is 2. The summed E-state index contributed by atoms with van der Waals surface area (Å²) in [6, 6.07) is 3.18. The topological polar surface area (TPSA) is 87.0 Å². The van der Waals surface area contributed by atoms with E-state index in [1.165, 1.54) is 0 Å². The van der Waals surface area contributed by atoms with Crippen LogP contribution in [0, 0.1) is 5.41 Å². The van der Waals surface area contributed by atoms with Gasteiger partial charge in [-0.15, -0.1) is 0 Å². The Balaban J connectivity index is 1.37. The number of anilines is 1. The number of fused-ring (bicyclic) bond motifs is 1. The average Bonchev–Trinajstić information content (AvgIpc) is 3.07. The Hall–Kier alpha value is -2.48. The molecule has 0 aromatic heterocycles. The largest absolute Gasteiger partial charge is 0.366 e. The number of alkyl halides is 1. The van der Waals surface area contributed by atoms with Crippen LogP contribution in [0.4, 0.5) is 10.1 Å². The Morgan fingerprint density at radius 3 is 2.38 bits per heavy atom. The Labute approximate surface area is 188 Å². The van der Waals surface area contributed by atoms with Crippen LogP contribution in [-0.4, -0.2) is 66.3 Å². The van der Waals surface area contributed by atoms with Crippen molar-refractivity contribution < 1.29 is 18.8 Å². The number of hydrogen-bond acceptors (Lipinski definition) is 4. The first-order valence-electron chi connectivity index (χ1n) is 11.5. The zero-order chi connectivity index (χ0) is 23.0. The van der Waals surface area contributed by atoms with Gasteiger partial charge in [-0.25, -0.2) is 4.39 Å². The normalized spacial score (nSPS) is 21.7. The van der Waals surface area contributed by atoms with E-state index in [0.717, 1.165) is 57.4 Å². The highest BCUT2D eigenvalue weighted by molar-refractivity contribution is 6.04. The van der Waals surface area contributed by atoms with E-state index in [1.54, 1.807) is 17.0 Å². The standard InChI is InChI=1S/C24H33FN4O3/c1-24(2)5-9-28(10-6-24)22(31)15-27-7-3-18(4-8-27)29-20-12-17(14-25)19(23(26)32)11-16(20)13-21(29)30/h11-12,18H,3-10,13-15H2,1-2H3,(H2,26,32). The van der Waals surface area contributed by atoms with Gasteiger partial charge in [-0.05, 0) is 54.4 Å². The SMILES string of the molecule is CC1(C)CCN(C(=O)CN2CCC(N3C(=O)Cc4cc(C(N)=O)c(CF)cc43)CC2)CC1. The fraction of sp³-hybridized carbons (Fsp3) is 0.625. The minimum atomic E-state index is -0.804. The lowest BCUT2D eigenvalue weighted by Crippen LogP contribution is -2.50. The van der Waals surface area contributed by atoms with Crippen molar-refractivity contribution in [3.8, 4) is 0 Å². The highest BCUT2D eigenvalue weighted by Gasteiger charge is 2.36. The highest BCUT2D eigenvalue weighted by Crippen LogP contribution is 2.36. The smallest absolute Gasteiger partial charge is 0.249 e. The monoisotopic (exact) mass is 444 g/mol. The van der Waals surface area contributed by atoms with Gasteiger partial charge in [0.25, 0.3) is 0 Å². The summed E-state index contributed by atoms with van der Waals surface area (Å²) in [5.41, 5.74) is 7.49. The summed E-state index contributed by atoms with van der Waals surface area (Å²) in [5, 5.41) is 0. The zero-order valence-electron chi connectivity index (χ0n) is 19.0. The molecule has 0 aliphatic carbocycles. The van der Waals surface area contributed by atoms with Crippen LogP contribution in [0.15, 0.2) is 12.1 Å². The Morgan fingerprint density at radius 1 is 1.12 bits per heavy atom.